The van der Waals surface area contributed by atoms with Gasteiger partial charge in [-0.3, -0.25) is 14.3 Å². The highest BCUT2D eigenvalue weighted by Gasteiger charge is 2.37. The Morgan fingerprint density at radius 3 is 2.71 bits per heavy atom. The molecule has 2 aliphatic rings. The standard InChI is InChI=1S/C25H27N7O2S/c1-30-20-4-2-3-5-21(20)32(24(30)34)23-29-18(15-35-23)22(33)28-17-14-26-10-6-19(17)31-12-8-25(9-13-31)7-11-27-16-25/h2-6,10,14-15,27H,7-9,11-13,16H2,1H3,(H,28,33). The van der Waals surface area contributed by atoms with Crippen LogP contribution in [0, 0.1) is 5.41 Å². The number of aryl methyl sites for hydroxylation is 1. The van der Waals surface area contributed by atoms with E-state index < -0.39 is 0 Å². The lowest BCUT2D eigenvalue weighted by atomic mass is 9.78. The maximum Gasteiger partial charge on any atom is 0.335 e. The molecule has 0 radical (unpaired) electrons. The molecule has 0 aliphatic carbocycles. The van der Waals surface area contributed by atoms with Crippen LogP contribution in [0.4, 0.5) is 11.4 Å². The van der Waals surface area contributed by atoms with Gasteiger partial charge in [0.1, 0.15) is 5.69 Å². The van der Waals surface area contributed by atoms with Crippen LogP contribution in [0.1, 0.15) is 29.8 Å². The van der Waals surface area contributed by atoms with Crippen LogP contribution in [0.15, 0.2) is 52.9 Å². The summed E-state index contributed by atoms with van der Waals surface area (Å²) in [5.41, 5.74) is 3.73. The number of pyridine rings is 1. The van der Waals surface area contributed by atoms with Gasteiger partial charge in [-0.2, -0.15) is 0 Å². The number of piperidine rings is 1. The minimum atomic E-state index is -0.316. The smallest absolute Gasteiger partial charge is 0.335 e. The zero-order valence-electron chi connectivity index (χ0n) is 19.5. The minimum absolute atomic E-state index is 0.192. The zero-order valence-corrected chi connectivity index (χ0v) is 20.3. The Labute approximate surface area is 206 Å². The van der Waals surface area contributed by atoms with E-state index in [0.29, 0.717) is 16.2 Å². The lowest BCUT2D eigenvalue weighted by Crippen LogP contribution is -2.41. The van der Waals surface area contributed by atoms with E-state index in [1.807, 2.05) is 30.3 Å². The van der Waals surface area contributed by atoms with Crippen LogP contribution < -0.4 is 21.2 Å². The van der Waals surface area contributed by atoms with Gasteiger partial charge < -0.3 is 15.5 Å². The highest BCUT2D eigenvalue weighted by Crippen LogP contribution is 2.39. The Hall–Kier alpha value is -3.50. The number of aromatic nitrogens is 4. The summed E-state index contributed by atoms with van der Waals surface area (Å²) in [6.07, 6.45) is 6.99. The molecule has 0 atom stereocenters. The molecule has 1 amide bonds. The van der Waals surface area contributed by atoms with Gasteiger partial charge in [0.2, 0.25) is 0 Å². The van der Waals surface area contributed by atoms with Gasteiger partial charge in [-0.05, 0) is 49.4 Å². The van der Waals surface area contributed by atoms with Crippen LogP contribution in [0.25, 0.3) is 16.2 Å². The van der Waals surface area contributed by atoms with Gasteiger partial charge in [0, 0.05) is 38.3 Å². The molecule has 0 saturated carbocycles. The Bertz CT molecular complexity index is 1450. The van der Waals surface area contributed by atoms with E-state index in [9.17, 15) is 9.59 Å². The first kappa shape index (κ1) is 22.0. The molecule has 2 fully saturated rings. The van der Waals surface area contributed by atoms with E-state index in [4.69, 9.17) is 0 Å². The van der Waals surface area contributed by atoms with Crippen molar-refractivity contribution in [2.45, 2.75) is 19.3 Å². The second kappa shape index (κ2) is 8.62. The molecule has 4 aromatic rings. The number of nitrogens with one attached hydrogen (secondary N) is 2. The van der Waals surface area contributed by atoms with Crippen LogP contribution >= 0.6 is 11.3 Å². The Kier molecular flexibility index (Phi) is 5.42. The molecule has 1 spiro atoms. The number of rotatable bonds is 4. The third-order valence-electron chi connectivity index (χ3n) is 7.42. The van der Waals surface area contributed by atoms with E-state index in [0.717, 1.165) is 55.7 Å². The fourth-order valence-corrected chi connectivity index (χ4v) is 6.15. The monoisotopic (exact) mass is 489 g/mol. The summed E-state index contributed by atoms with van der Waals surface area (Å²) in [6, 6.07) is 9.51. The van der Waals surface area contributed by atoms with Crippen molar-refractivity contribution in [2.75, 3.05) is 36.4 Å². The number of carbonyl (C=O) groups excluding carboxylic acids is 1. The average molecular weight is 490 g/mol. The van der Waals surface area contributed by atoms with Crippen molar-refractivity contribution < 1.29 is 4.79 Å². The Balaban J connectivity index is 1.23. The third-order valence-corrected chi connectivity index (χ3v) is 8.25. The quantitative estimate of drug-likeness (QED) is 0.458. The van der Waals surface area contributed by atoms with Crippen LogP contribution in [0.3, 0.4) is 0 Å². The first-order valence-corrected chi connectivity index (χ1v) is 12.8. The average Bonchev–Trinajstić information content (AvgIpc) is 3.60. The second-order valence-electron chi connectivity index (χ2n) is 9.44. The maximum atomic E-state index is 13.1. The highest BCUT2D eigenvalue weighted by molar-refractivity contribution is 7.12. The van der Waals surface area contributed by atoms with Gasteiger partial charge in [0.05, 0.1) is 28.6 Å². The molecule has 2 aliphatic heterocycles. The molecule has 1 aromatic carbocycles. The predicted molar refractivity (Wildman–Crippen MR) is 138 cm³/mol. The first-order valence-electron chi connectivity index (χ1n) is 11.9. The summed E-state index contributed by atoms with van der Waals surface area (Å²) in [7, 11) is 1.73. The largest absolute Gasteiger partial charge is 0.370 e. The molecule has 2 N–H and O–H groups in total. The van der Waals surface area contributed by atoms with Crippen LogP contribution in [0.2, 0.25) is 0 Å². The molecule has 3 aromatic heterocycles. The van der Waals surface area contributed by atoms with Crippen molar-refractivity contribution in [3.63, 3.8) is 0 Å². The normalized spacial score (nSPS) is 17.3. The number of amides is 1. The molecule has 5 heterocycles. The maximum absolute atomic E-state index is 13.1. The number of thiazole rings is 1. The highest BCUT2D eigenvalue weighted by atomic mass is 32.1. The summed E-state index contributed by atoms with van der Waals surface area (Å²) >= 11 is 1.27. The molecule has 0 unspecified atom stereocenters. The van der Waals surface area contributed by atoms with E-state index >= 15 is 0 Å². The SMILES string of the molecule is Cn1c(=O)n(-c2nc(C(=O)Nc3cnccc3N3CCC4(CCNC4)CC3)cs2)c2ccccc21. The summed E-state index contributed by atoms with van der Waals surface area (Å²) in [5.74, 6) is -0.316. The number of nitrogens with zero attached hydrogens (tertiary/aromatic N) is 5. The molecule has 10 heteroatoms. The molecule has 0 bridgehead atoms. The number of anilines is 2. The molecule has 2 saturated heterocycles. The number of fused-ring (bicyclic) bond motifs is 1. The second-order valence-corrected chi connectivity index (χ2v) is 10.3. The molecule has 180 valence electrons. The van der Waals surface area contributed by atoms with Gasteiger partial charge in [0.15, 0.2) is 5.13 Å². The molecule has 6 rings (SSSR count). The fraction of sp³-hybridized carbons (Fsp3) is 0.360. The van der Waals surface area contributed by atoms with Crippen molar-refractivity contribution in [2.24, 2.45) is 12.5 Å². The summed E-state index contributed by atoms with van der Waals surface area (Å²) in [4.78, 5) is 37.1. The number of hydrogen-bond acceptors (Lipinski definition) is 7. The van der Waals surface area contributed by atoms with Crippen LogP contribution in [0.5, 0.6) is 0 Å². The van der Waals surface area contributed by atoms with Crippen molar-refractivity contribution in [3.05, 3.63) is 64.3 Å². The fourth-order valence-electron chi connectivity index (χ4n) is 5.34. The van der Waals surface area contributed by atoms with Crippen LogP contribution in [-0.4, -0.2) is 51.2 Å². The number of benzene rings is 1. The Morgan fingerprint density at radius 1 is 1.14 bits per heavy atom. The molecular weight excluding hydrogens is 462 g/mol. The van der Waals surface area contributed by atoms with Gasteiger partial charge in [-0.25, -0.2) is 14.3 Å². The minimum Gasteiger partial charge on any atom is -0.370 e. The number of carbonyl (C=O) groups is 1. The van der Waals surface area contributed by atoms with E-state index in [-0.39, 0.29) is 17.3 Å². The molecular formula is C25H27N7O2S. The van der Waals surface area contributed by atoms with E-state index in [1.54, 1.807) is 34.0 Å². The topological polar surface area (TPSA) is 97.1 Å². The predicted octanol–water partition coefficient (Wildman–Crippen LogP) is 3.01. The third kappa shape index (κ3) is 3.82. The summed E-state index contributed by atoms with van der Waals surface area (Å²) in [6.45, 7) is 4.13. The number of imidazole rings is 1. The summed E-state index contributed by atoms with van der Waals surface area (Å²) in [5, 5.41) is 8.66. The van der Waals surface area contributed by atoms with Gasteiger partial charge in [0.25, 0.3) is 5.91 Å². The van der Waals surface area contributed by atoms with Crippen LogP contribution in [-0.2, 0) is 7.05 Å². The van der Waals surface area contributed by atoms with Crippen molar-refractivity contribution >= 4 is 39.7 Å². The van der Waals surface area contributed by atoms with Crippen molar-refractivity contribution in [3.8, 4) is 5.13 Å². The molecule has 9 nitrogen and oxygen atoms in total. The molecule has 35 heavy (non-hydrogen) atoms. The zero-order chi connectivity index (χ0) is 24.0. The number of para-hydroxylation sites is 2. The van der Waals surface area contributed by atoms with Crippen molar-refractivity contribution in [1.29, 1.82) is 0 Å². The van der Waals surface area contributed by atoms with Gasteiger partial charge >= 0.3 is 5.69 Å². The first-order chi connectivity index (χ1) is 17.0. The lowest BCUT2D eigenvalue weighted by Gasteiger charge is -2.40. The van der Waals surface area contributed by atoms with Gasteiger partial charge in [-0.15, -0.1) is 11.3 Å². The summed E-state index contributed by atoms with van der Waals surface area (Å²) < 4.78 is 3.14. The van der Waals surface area contributed by atoms with Crippen molar-refractivity contribution in [1.82, 2.24) is 24.4 Å². The Morgan fingerprint density at radius 2 is 1.94 bits per heavy atom. The van der Waals surface area contributed by atoms with Gasteiger partial charge in [-0.1, -0.05) is 12.1 Å². The van der Waals surface area contributed by atoms with E-state index in [1.165, 1.54) is 17.8 Å². The number of hydrogen-bond donors (Lipinski definition) is 2. The lowest BCUT2D eigenvalue weighted by molar-refractivity contribution is 0.102. The van der Waals surface area contributed by atoms with E-state index in [2.05, 4.69) is 25.5 Å².